The second kappa shape index (κ2) is 10.1. The normalized spacial score (nSPS) is 21.9. The molecule has 1 aliphatic carbocycles. The van der Waals surface area contributed by atoms with Gasteiger partial charge in [0.1, 0.15) is 0 Å². The molecule has 1 amide bonds. The van der Waals surface area contributed by atoms with E-state index >= 15 is 0 Å². The SMILES string of the molecule is CN=C(NCCCN(C)CC(F)(F)F)NC1CCN(C(=O)C2CCCC2)C1. The van der Waals surface area contributed by atoms with Crippen molar-refractivity contribution in [2.24, 2.45) is 10.9 Å². The molecule has 2 N–H and O–H groups in total. The van der Waals surface area contributed by atoms with E-state index in [4.69, 9.17) is 0 Å². The number of carbonyl (C=O) groups excluding carboxylic acids is 1. The van der Waals surface area contributed by atoms with Crippen LogP contribution in [0.1, 0.15) is 38.5 Å². The van der Waals surface area contributed by atoms with Crippen molar-refractivity contribution in [3.63, 3.8) is 0 Å². The molecule has 27 heavy (non-hydrogen) atoms. The highest BCUT2D eigenvalue weighted by molar-refractivity contribution is 5.81. The molecule has 1 saturated heterocycles. The number of nitrogens with one attached hydrogen (secondary N) is 2. The molecule has 2 fully saturated rings. The van der Waals surface area contributed by atoms with Crippen LogP contribution in [0.15, 0.2) is 4.99 Å². The summed E-state index contributed by atoms with van der Waals surface area (Å²) in [6.45, 7) is 1.46. The summed E-state index contributed by atoms with van der Waals surface area (Å²) < 4.78 is 36.9. The summed E-state index contributed by atoms with van der Waals surface area (Å²) >= 11 is 0. The smallest absolute Gasteiger partial charge is 0.356 e. The van der Waals surface area contributed by atoms with Crippen molar-refractivity contribution in [2.45, 2.75) is 50.7 Å². The topological polar surface area (TPSA) is 60.0 Å². The quantitative estimate of drug-likeness (QED) is 0.395. The molecule has 2 rings (SSSR count). The fraction of sp³-hybridized carbons (Fsp3) is 0.889. The van der Waals surface area contributed by atoms with E-state index in [1.807, 2.05) is 4.90 Å². The summed E-state index contributed by atoms with van der Waals surface area (Å²) in [7, 11) is 3.14. The Balaban J connectivity index is 1.64. The molecule has 1 aliphatic heterocycles. The van der Waals surface area contributed by atoms with Crippen LogP contribution in [0.25, 0.3) is 0 Å². The Kier molecular flexibility index (Phi) is 8.19. The third-order valence-electron chi connectivity index (χ3n) is 5.23. The second-order valence-corrected chi connectivity index (χ2v) is 7.60. The zero-order valence-corrected chi connectivity index (χ0v) is 16.3. The molecule has 156 valence electrons. The summed E-state index contributed by atoms with van der Waals surface area (Å²) in [6.07, 6.45) is 1.64. The minimum absolute atomic E-state index is 0.162. The summed E-state index contributed by atoms with van der Waals surface area (Å²) in [5.74, 6) is 1.12. The van der Waals surface area contributed by atoms with E-state index in [1.165, 1.54) is 11.9 Å². The van der Waals surface area contributed by atoms with Crippen LogP contribution in [0, 0.1) is 5.92 Å². The van der Waals surface area contributed by atoms with Crippen LogP contribution in [0.5, 0.6) is 0 Å². The van der Waals surface area contributed by atoms with E-state index in [0.717, 1.165) is 38.6 Å². The molecule has 6 nitrogen and oxygen atoms in total. The van der Waals surface area contributed by atoms with Crippen molar-refractivity contribution in [3.05, 3.63) is 0 Å². The van der Waals surface area contributed by atoms with Crippen molar-refractivity contribution in [2.75, 3.05) is 46.8 Å². The average Bonchev–Trinajstić information content (AvgIpc) is 3.27. The number of hydrogen-bond acceptors (Lipinski definition) is 3. The number of carbonyl (C=O) groups is 1. The van der Waals surface area contributed by atoms with Gasteiger partial charge in [0.15, 0.2) is 5.96 Å². The second-order valence-electron chi connectivity index (χ2n) is 7.60. The summed E-state index contributed by atoms with van der Waals surface area (Å²) in [4.78, 5) is 19.9. The molecule has 0 spiro atoms. The standard InChI is InChI=1S/C18H32F3N5O/c1-22-17(23-9-5-10-25(2)13-18(19,20)21)24-15-8-11-26(12-15)16(27)14-6-3-4-7-14/h14-15H,3-13H2,1-2H3,(H2,22,23,24). The van der Waals surface area contributed by atoms with Gasteiger partial charge in [-0.05, 0) is 39.3 Å². The molecule has 0 aromatic carbocycles. The van der Waals surface area contributed by atoms with Crippen molar-refractivity contribution >= 4 is 11.9 Å². The van der Waals surface area contributed by atoms with Crippen LogP contribution in [0.4, 0.5) is 13.2 Å². The molecular weight excluding hydrogens is 359 g/mol. The first-order valence-corrected chi connectivity index (χ1v) is 9.80. The molecule has 1 unspecified atom stereocenters. The first kappa shape index (κ1) is 21.8. The molecule has 1 saturated carbocycles. The lowest BCUT2D eigenvalue weighted by molar-refractivity contribution is -0.143. The highest BCUT2D eigenvalue weighted by Crippen LogP contribution is 2.27. The summed E-state index contributed by atoms with van der Waals surface area (Å²) in [6, 6.07) is 0.162. The molecule has 0 aromatic heterocycles. The van der Waals surface area contributed by atoms with Crippen molar-refractivity contribution < 1.29 is 18.0 Å². The predicted molar refractivity (Wildman–Crippen MR) is 99.6 cm³/mol. The van der Waals surface area contributed by atoms with Gasteiger partial charge in [-0.3, -0.25) is 14.7 Å². The minimum atomic E-state index is -4.16. The van der Waals surface area contributed by atoms with Crippen LogP contribution in [0.2, 0.25) is 0 Å². The Morgan fingerprint density at radius 2 is 1.96 bits per heavy atom. The first-order valence-electron chi connectivity index (χ1n) is 9.80. The number of nitrogens with zero attached hydrogens (tertiary/aromatic N) is 3. The zero-order valence-electron chi connectivity index (χ0n) is 16.3. The number of aliphatic imine (C=N–C) groups is 1. The van der Waals surface area contributed by atoms with Gasteiger partial charge < -0.3 is 15.5 Å². The van der Waals surface area contributed by atoms with E-state index in [1.54, 1.807) is 7.05 Å². The van der Waals surface area contributed by atoms with E-state index in [2.05, 4.69) is 15.6 Å². The van der Waals surface area contributed by atoms with Crippen molar-refractivity contribution in [1.29, 1.82) is 0 Å². The van der Waals surface area contributed by atoms with Gasteiger partial charge in [0, 0.05) is 38.6 Å². The van der Waals surface area contributed by atoms with E-state index in [0.29, 0.717) is 32.0 Å². The van der Waals surface area contributed by atoms with Gasteiger partial charge in [-0.25, -0.2) is 0 Å². The molecule has 2 aliphatic rings. The lowest BCUT2D eigenvalue weighted by atomic mass is 10.1. The van der Waals surface area contributed by atoms with Crippen LogP contribution in [0.3, 0.4) is 0 Å². The predicted octanol–water partition coefficient (Wildman–Crippen LogP) is 1.83. The van der Waals surface area contributed by atoms with Gasteiger partial charge in [-0.2, -0.15) is 13.2 Å². The van der Waals surface area contributed by atoms with Crippen LogP contribution < -0.4 is 10.6 Å². The Morgan fingerprint density at radius 3 is 2.59 bits per heavy atom. The molecular formula is C18H32F3N5O. The average molecular weight is 391 g/mol. The van der Waals surface area contributed by atoms with Crippen molar-refractivity contribution in [3.8, 4) is 0 Å². The maximum atomic E-state index is 12.5. The van der Waals surface area contributed by atoms with Crippen molar-refractivity contribution in [1.82, 2.24) is 20.4 Å². The number of alkyl halides is 3. The van der Waals surface area contributed by atoms with Gasteiger partial charge in [0.2, 0.25) is 5.91 Å². The molecule has 0 bridgehead atoms. The van der Waals surface area contributed by atoms with Crippen LogP contribution >= 0.6 is 0 Å². The number of likely N-dealkylation sites (tertiary alicyclic amines) is 1. The number of amides is 1. The Bertz CT molecular complexity index is 506. The lowest BCUT2D eigenvalue weighted by Gasteiger charge is -2.22. The number of rotatable bonds is 7. The van der Waals surface area contributed by atoms with Gasteiger partial charge >= 0.3 is 6.18 Å². The fourth-order valence-electron chi connectivity index (χ4n) is 3.84. The number of guanidine groups is 1. The third-order valence-corrected chi connectivity index (χ3v) is 5.23. The van der Waals surface area contributed by atoms with E-state index < -0.39 is 12.7 Å². The maximum absolute atomic E-state index is 12.5. The highest BCUT2D eigenvalue weighted by Gasteiger charge is 2.32. The lowest BCUT2D eigenvalue weighted by Crippen LogP contribution is -2.46. The fourth-order valence-corrected chi connectivity index (χ4v) is 3.84. The maximum Gasteiger partial charge on any atom is 0.401 e. The van der Waals surface area contributed by atoms with Gasteiger partial charge in [0.05, 0.1) is 6.54 Å². The molecule has 9 heteroatoms. The van der Waals surface area contributed by atoms with Gasteiger partial charge in [-0.15, -0.1) is 0 Å². The van der Waals surface area contributed by atoms with E-state index in [9.17, 15) is 18.0 Å². The third kappa shape index (κ3) is 7.56. The Hall–Kier alpha value is -1.51. The minimum Gasteiger partial charge on any atom is -0.356 e. The first-order chi connectivity index (χ1) is 12.8. The van der Waals surface area contributed by atoms with E-state index in [-0.39, 0.29) is 17.9 Å². The van der Waals surface area contributed by atoms with Crippen LogP contribution in [-0.2, 0) is 4.79 Å². The highest BCUT2D eigenvalue weighted by atomic mass is 19.4. The monoisotopic (exact) mass is 391 g/mol. The molecule has 0 aromatic rings. The molecule has 1 heterocycles. The number of hydrogen-bond donors (Lipinski definition) is 2. The Morgan fingerprint density at radius 1 is 1.26 bits per heavy atom. The Labute approximate surface area is 159 Å². The van der Waals surface area contributed by atoms with Crippen LogP contribution in [-0.4, -0.2) is 80.7 Å². The van der Waals surface area contributed by atoms with Gasteiger partial charge in [-0.1, -0.05) is 12.8 Å². The summed E-state index contributed by atoms with van der Waals surface area (Å²) in [5, 5.41) is 6.46. The molecule has 1 atom stereocenters. The van der Waals surface area contributed by atoms with Gasteiger partial charge in [0.25, 0.3) is 0 Å². The largest absolute Gasteiger partial charge is 0.401 e. The molecule has 0 radical (unpaired) electrons. The number of halogens is 3. The zero-order chi connectivity index (χ0) is 19.9. The summed E-state index contributed by atoms with van der Waals surface area (Å²) in [5.41, 5.74) is 0.